The molecule has 0 saturated carbocycles. The molecule has 7 heteroatoms. The molecule has 0 aliphatic rings. The molecule has 0 aliphatic heterocycles. The molecule has 0 atom stereocenters. The minimum absolute atomic E-state index is 0.313. The first-order valence-electron chi connectivity index (χ1n) is 6.75. The van der Waals surface area contributed by atoms with Crippen molar-refractivity contribution in [3.63, 3.8) is 0 Å². The highest BCUT2D eigenvalue weighted by molar-refractivity contribution is 5.94. The Bertz CT molecular complexity index is 491. The van der Waals surface area contributed by atoms with Crippen LogP contribution in [0.3, 0.4) is 0 Å². The zero-order valence-corrected chi connectivity index (χ0v) is 12.3. The van der Waals surface area contributed by atoms with Crippen LogP contribution in [0.1, 0.15) is 19.4 Å². The van der Waals surface area contributed by atoms with E-state index in [1.165, 1.54) is 0 Å². The molecule has 0 saturated heterocycles. The van der Waals surface area contributed by atoms with Crippen LogP contribution in [-0.4, -0.2) is 31.7 Å². The van der Waals surface area contributed by atoms with Crippen molar-refractivity contribution >= 4 is 11.9 Å². The second kappa shape index (κ2) is 8.80. The predicted molar refractivity (Wildman–Crippen MR) is 78.2 cm³/mol. The molecule has 0 unspecified atom stereocenters. The summed E-state index contributed by atoms with van der Waals surface area (Å²) in [7, 11) is 0. The molecule has 0 aliphatic carbocycles. The van der Waals surface area contributed by atoms with Gasteiger partial charge >= 0.3 is 6.03 Å². The van der Waals surface area contributed by atoms with Crippen LogP contribution in [0, 0.1) is 0 Å². The third kappa shape index (κ3) is 5.70. The molecule has 21 heavy (non-hydrogen) atoms. The van der Waals surface area contributed by atoms with Crippen molar-refractivity contribution in [2.75, 3.05) is 19.8 Å². The quantitative estimate of drug-likeness (QED) is 0.657. The molecular formula is C14H21N3O4. The maximum Gasteiger partial charge on any atom is 0.318 e. The van der Waals surface area contributed by atoms with Crippen molar-refractivity contribution in [1.29, 1.82) is 0 Å². The van der Waals surface area contributed by atoms with Gasteiger partial charge in [0, 0.05) is 12.1 Å². The van der Waals surface area contributed by atoms with E-state index in [0.29, 0.717) is 24.7 Å². The number of rotatable bonds is 8. The van der Waals surface area contributed by atoms with Crippen molar-refractivity contribution in [3.05, 3.63) is 23.8 Å². The molecule has 1 aromatic rings. The van der Waals surface area contributed by atoms with Gasteiger partial charge in [0.1, 0.15) is 0 Å². The van der Waals surface area contributed by atoms with Crippen LogP contribution in [0.5, 0.6) is 11.5 Å². The molecule has 0 radical (unpaired) electrons. The van der Waals surface area contributed by atoms with Gasteiger partial charge in [0.25, 0.3) is 5.91 Å². The van der Waals surface area contributed by atoms with Crippen LogP contribution in [-0.2, 0) is 11.3 Å². The number of hydrogen-bond donors (Lipinski definition) is 3. The normalized spacial score (nSPS) is 10.0. The van der Waals surface area contributed by atoms with E-state index in [4.69, 9.17) is 15.2 Å². The largest absolute Gasteiger partial charge is 0.490 e. The van der Waals surface area contributed by atoms with E-state index >= 15 is 0 Å². The average Bonchev–Trinajstić information content (AvgIpc) is 2.43. The predicted octanol–water partition coefficient (Wildman–Crippen LogP) is 0.768. The average molecular weight is 295 g/mol. The summed E-state index contributed by atoms with van der Waals surface area (Å²) in [5.74, 6) is 0.433. The first-order valence-corrected chi connectivity index (χ1v) is 6.75. The number of hydrogen-bond acceptors (Lipinski definition) is 5. The minimum Gasteiger partial charge on any atom is -0.490 e. The second-order valence-corrected chi connectivity index (χ2v) is 4.16. The van der Waals surface area contributed by atoms with Gasteiger partial charge in [-0.2, -0.15) is 0 Å². The molecule has 0 spiro atoms. The number of para-hydroxylation sites is 1. The van der Waals surface area contributed by atoms with Crippen molar-refractivity contribution in [1.82, 2.24) is 10.6 Å². The second-order valence-electron chi connectivity index (χ2n) is 4.16. The Morgan fingerprint density at radius 1 is 1.24 bits per heavy atom. The lowest BCUT2D eigenvalue weighted by atomic mass is 10.2. The number of carbonyl (C=O) groups excluding carboxylic acids is 2. The van der Waals surface area contributed by atoms with Gasteiger partial charge in [0.05, 0.1) is 6.61 Å². The molecule has 1 aromatic carbocycles. The van der Waals surface area contributed by atoms with E-state index in [0.717, 1.165) is 12.1 Å². The SMILES string of the molecule is CCNCc1cccc(OCC)c1OCC(=O)NC(N)=O. The van der Waals surface area contributed by atoms with Crippen molar-refractivity contribution in [2.45, 2.75) is 20.4 Å². The summed E-state index contributed by atoms with van der Waals surface area (Å²) in [5, 5.41) is 5.13. The monoisotopic (exact) mass is 295 g/mol. The highest BCUT2D eigenvalue weighted by Crippen LogP contribution is 2.31. The Morgan fingerprint density at radius 3 is 2.62 bits per heavy atom. The Morgan fingerprint density at radius 2 is 2.00 bits per heavy atom. The fourth-order valence-corrected chi connectivity index (χ4v) is 1.70. The first-order chi connectivity index (χ1) is 10.1. The van der Waals surface area contributed by atoms with Gasteiger partial charge in [0.15, 0.2) is 18.1 Å². The number of amides is 3. The number of primary amides is 1. The van der Waals surface area contributed by atoms with E-state index in [2.05, 4.69) is 5.32 Å². The third-order valence-electron chi connectivity index (χ3n) is 2.54. The lowest BCUT2D eigenvalue weighted by Gasteiger charge is -2.15. The fourth-order valence-electron chi connectivity index (χ4n) is 1.70. The van der Waals surface area contributed by atoms with Gasteiger partial charge in [-0.3, -0.25) is 10.1 Å². The van der Waals surface area contributed by atoms with Gasteiger partial charge < -0.3 is 20.5 Å². The van der Waals surface area contributed by atoms with E-state index in [9.17, 15) is 9.59 Å². The number of carbonyl (C=O) groups is 2. The number of nitrogens with one attached hydrogen (secondary N) is 2. The fraction of sp³-hybridized carbons (Fsp3) is 0.429. The lowest BCUT2D eigenvalue weighted by Crippen LogP contribution is -2.38. The Balaban J connectivity index is 2.84. The van der Waals surface area contributed by atoms with Crippen LogP contribution in [0.25, 0.3) is 0 Å². The number of urea groups is 1. The zero-order chi connectivity index (χ0) is 15.7. The summed E-state index contributed by atoms with van der Waals surface area (Å²) >= 11 is 0. The van der Waals surface area contributed by atoms with Crippen molar-refractivity contribution < 1.29 is 19.1 Å². The molecule has 1 rings (SSSR count). The molecule has 4 N–H and O–H groups in total. The van der Waals surface area contributed by atoms with Crippen LogP contribution in [0.2, 0.25) is 0 Å². The molecule has 0 fully saturated rings. The first kappa shape index (κ1) is 16.8. The van der Waals surface area contributed by atoms with Gasteiger partial charge in [-0.05, 0) is 19.5 Å². The Labute approximate surface area is 123 Å². The summed E-state index contributed by atoms with van der Waals surface area (Å²) < 4.78 is 11.0. The molecule has 116 valence electrons. The third-order valence-corrected chi connectivity index (χ3v) is 2.54. The Hall–Kier alpha value is -2.28. The molecule has 3 amide bonds. The van der Waals surface area contributed by atoms with Crippen LogP contribution >= 0.6 is 0 Å². The maximum absolute atomic E-state index is 11.4. The van der Waals surface area contributed by atoms with E-state index < -0.39 is 11.9 Å². The van der Waals surface area contributed by atoms with Gasteiger partial charge in [-0.25, -0.2) is 4.79 Å². The summed E-state index contributed by atoms with van der Waals surface area (Å²) in [5.41, 5.74) is 5.74. The molecule has 7 nitrogen and oxygen atoms in total. The summed E-state index contributed by atoms with van der Waals surface area (Å²) in [6.07, 6.45) is 0. The topological polar surface area (TPSA) is 103 Å². The molecule has 0 bridgehead atoms. The number of imide groups is 1. The van der Waals surface area contributed by atoms with Gasteiger partial charge in [0.2, 0.25) is 0 Å². The highest BCUT2D eigenvalue weighted by Gasteiger charge is 2.13. The summed E-state index contributed by atoms with van der Waals surface area (Å²) in [4.78, 5) is 22.0. The van der Waals surface area contributed by atoms with Crippen molar-refractivity contribution in [3.8, 4) is 11.5 Å². The van der Waals surface area contributed by atoms with Crippen LogP contribution < -0.4 is 25.8 Å². The lowest BCUT2D eigenvalue weighted by molar-refractivity contribution is -0.121. The molecular weight excluding hydrogens is 274 g/mol. The van der Waals surface area contributed by atoms with E-state index in [1.807, 2.05) is 31.3 Å². The Kier molecular flexibility index (Phi) is 7.03. The summed E-state index contributed by atoms with van der Waals surface area (Å²) in [6, 6.07) is 4.59. The zero-order valence-electron chi connectivity index (χ0n) is 12.3. The van der Waals surface area contributed by atoms with Crippen LogP contribution in [0.4, 0.5) is 4.79 Å². The molecule has 0 aromatic heterocycles. The van der Waals surface area contributed by atoms with Crippen molar-refractivity contribution in [2.24, 2.45) is 5.73 Å². The molecule has 0 heterocycles. The maximum atomic E-state index is 11.4. The number of nitrogens with two attached hydrogens (primary N) is 1. The van der Waals surface area contributed by atoms with Crippen LogP contribution in [0.15, 0.2) is 18.2 Å². The minimum atomic E-state index is -0.908. The highest BCUT2D eigenvalue weighted by atomic mass is 16.5. The number of ether oxygens (including phenoxy) is 2. The van der Waals surface area contributed by atoms with Gasteiger partial charge in [-0.15, -0.1) is 0 Å². The standard InChI is InChI=1S/C14H21N3O4/c1-3-16-8-10-6-5-7-11(20-4-2)13(10)21-9-12(18)17-14(15)19/h5-7,16H,3-4,8-9H2,1-2H3,(H3,15,17,18,19). The number of benzene rings is 1. The smallest absolute Gasteiger partial charge is 0.318 e. The van der Waals surface area contributed by atoms with E-state index in [1.54, 1.807) is 6.07 Å². The van der Waals surface area contributed by atoms with E-state index in [-0.39, 0.29) is 6.61 Å². The van der Waals surface area contributed by atoms with Gasteiger partial charge in [-0.1, -0.05) is 19.1 Å². The summed E-state index contributed by atoms with van der Waals surface area (Å²) in [6.45, 7) is 5.42.